The van der Waals surface area contributed by atoms with Crippen LogP contribution in [0.5, 0.6) is 0 Å². The molecule has 0 aliphatic carbocycles. The second kappa shape index (κ2) is 7.11. The van der Waals surface area contributed by atoms with Crippen LogP contribution in [0.2, 0.25) is 0 Å². The predicted molar refractivity (Wildman–Crippen MR) is 75.2 cm³/mol. The molecule has 0 heterocycles. The quantitative estimate of drug-likeness (QED) is 0.752. The van der Waals surface area contributed by atoms with Gasteiger partial charge in [-0.1, -0.05) is 6.07 Å². The number of hydrogen-bond acceptors (Lipinski definition) is 4. The number of carbonyl (C=O) groups is 1. The molecule has 5 heteroatoms. The molecule has 0 atom stereocenters. The molecule has 5 nitrogen and oxygen atoms in total. The first kappa shape index (κ1) is 15.5. The number of nitrogens with zero attached hydrogens (tertiary/aromatic N) is 1. The van der Waals surface area contributed by atoms with Gasteiger partial charge in [0.1, 0.15) is 0 Å². The van der Waals surface area contributed by atoms with Crippen LogP contribution >= 0.6 is 0 Å². The molecule has 0 radical (unpaired) electrons. The van der Waals surface area contributed by atoms with Gasteiger partial charge in [0.25, 0.3) is 5.91 Å². The van der Waals surface area contributed by atoms with Crippen molar-refractivity contribution in [2.24, 2.45) is 0 Å². The Balaban J connectivity index is 2.98. The van der Waals surface area contributed by atoms with Crippen molar-refractivity contribution < 1.29 is 14.6 Å². The molecule has 0 aliphatic heterocycles. The van der Waals surface area contributed by atoms with Crippen molar-refractivity contribution in [1.82, 2.24) is 4.90 Å². The van der Waals surface area contributed by atoms with Crippen molar-refractivity contribution in [1.29, 1.82) is 0 Å². The zero-order valence-corrected chi connectivity index (χ0v) is 11.8. The molecule has 19 heavy (non-hydrogen) atoms. The van der Waals surface area contributed by atoms with Crippen molar-refractivity contribution in [2.75, 3.05) is 39.1 Å². The second-order valence-electron chi connectivity index (χ2n) is 4.53. The van der Waals surface area contributed by atoms with Gasteiger partial charge in [-0.2, -0.15) is 0 Å². The average molecular weight is 266 g/mol. The SMILES string of the molecule is COCCN(CCO)C(=O)c1cc(N)c(C)cc1C. The lowest BCUT2D eigenvalue weighted by Gasteiger charge is -2.22. The highest BCUT2D eigenvalue weighted by Gasteiger charge is 2.18. The van der Waals surface area contributed by atoms with E-state index in [0.717, 1.165) is 11.1 Å². The average Bonchev–Trinajstić information content (AvgIpc) is 2.38. The van der Waals surface area contributed by atoms with Crippen LogP contribution in [0, 0.1) is 13.8 Å². The van der Waals surface area contributed by atoms with E-state index < -0.39 is 0 Å². The predicted octanol–water partition coefficient (Wildman–Crippen LogP) is 0.967. The van der Waals surface area contributed by atoms with E-state index >= 15 is 0 Å². The molecular weight excluding hydrogens is 244 g/mol. The number of amides is 1. The van der Waals surface area contributed by atoms with Crippen LogP contribution in [-0.2, 0) is 4.74 Å². The molecule has 3 N–H and O–H groups in total. The molecule has 0 fully saturated rings. The number of carbonyl (C=O) groups excluding carboxylic acids is 1. The lowest BCUT2D eigenvalue weighted by atomic mass is 10.0. The topological polar surface area (TPSA) is 75.8 Å². The van der Waals surface area contributed by atoms with Crippen LogP contribution in [0.25, 0.3) is 0 Å². The molecule has 0 bridgehead atoms. The molecule has 1 amide bonds. The van der Waals surface area contributed by atoms with E-state index in [4.69, 9.17) is 15.6 Å². The van der Waals surface area contributed by atoms with Crippen LogP contribution < -0.4 is 5.73 Å². The third-order valence-corrected chi connectivity index (χ3v) is 3.07. The molecule has 1 rings (SSSR count). The summed E-state index contributed by atoms with van der Waals surface area (Å²) >= 11 is 0. The molecule has 0 aromatic heterocycles. The smallest absolute Gasteiger partial charge is 0.254 e. The number of rotatable bonds is 6. The first-order valence-corrected chi connectivity index (χ1v) is 6.27. The third-order valence-electron chi connectivity index (χ3n) is 3.07. The van der Waals surface area contributed by atoms with Gasteiger partial charge >= 0.3 is 0 Å². The van der Waals surface area contributed by atoms with Crippen LogP contribution in [-0.4, -0.2) is 49.3 Å². The van der Waals surface area contributed by atoms with Crippen molar-refractivity contribution in [3.8, 4) is 0 Å². The summed E-state index contributed by atoms with van der Waals surface area (Å²) < 4.78 is 4.98. The van der Waals surface area contributed by atoms with Crippen LogP contribution in [0.1, 0.15) is 21.5 Å². The maximum absolute atomic E-state index is 12.4. The Kier molecular flexibility index (Phi) is 5.79. The highest BCUT2D eigenvalue weighted by atomic mass is 16.5. The maximum atomic E-state index is 12.4. The molecule has 0 aliphatic rings. The van der Waals surface area contributed by atoms with E-state index in [1.54, 1.807) is 18.1 Å². The Bertz CT molecular complexity index is 447. The van der Waals surface area contributed by atoms with Gasteiger partial charge in [-0.25, -0.2) is 0 Å². The van der Waals surface area contributed by atoms with Gasteiger partial charge in [0, 0.05) is 31.5 Å². The lowest BCUT2D eigenvalue weighted by molar-refractivity contribution is 0.0656. The standard InChI is InChI=1S/C14H22N2O3/c1-10-8-11(2)13(15)9-12(10)14(18)16(4-6-17)5-7-19-3/h8-9,17H,4-7,15H2,1-3H3. The summed E-state index contributed by atoms with van der Waals surface area (Å²) in [5, 5.41) is 9.04. The largest absolute Gasteiger partial charge is 0.398 e. The van der Waals surface area contributed by atoms with Crippen LogP contribution in [0.4, 0.5) is 5.69 Å². The molecule has 1 aromatic rings. The fourth-order valence-electron chi connectivity index (χ4n) is 1.91. The van der Waals surface area contributed by atoms with Crippen molar-refractivity contribution in [2.45, 2.75) is 13.8 Å². The lowest BCUT2D eigenvalue weighted by Crippen LogP contribution is -2.36. The van der Waals surface area contributed by atoms with Gasteiger partial charge in [0.15, 0.2) is 0 Å². The minimum atomic E-state index is -0.129. The van der Waals surface area contributed by atoms with Gasteiger partial charge in [-0.3, -0.25) is 4.79 Å². The highest BCUT2D eigenvalue weighted by molar-refractivity contribution is 5.96. The number of aliphatic hydroxyl groups is 1. The van der Waals surface area contributed by atoms with Crippen LogP contribution in [0.15, 0.2) is 12.1 Å². The number of anilines is 1. The minimum absolute atomic E-state index is 0.0736. The Morgan fingerprint density at radius 3 is 2.58 bits per heavy atom. The van der Waals surface area contributed by atoms with Crippen molar-refractivity contribution >= 4 is 11.6 Å². The maximum Gasteiger partial charge on any atom is 0.254 e. The number of nitrogen functional groups attached to an aromatic ring is 1. The van der Waals surface area contributed by atoms with E-state index in [-0.39, 0.29) is 19.1 Å². The summed E-state index contributed by atoms with van der Waals surface area (Å²) in [7, 11) is 1.58. The fraction of sp³-hybridized carbons (Fsp3) is 0.500. The van der Waals surface area contributed by atoms with Gasteiger partial charge in [-0.05, 0) is 31.0 Å². The number of methoxy groups -OCH3 is 1. The summed E-state index contributed by atoms with van der Waals surface area (Å²) in [4.78, 5) is 14.0. The Hall–Kier alpha value is -1.59. The van der Waals surface area contributed by atoms with E-state index in [0.29, 0.717) is 24.4 Å². The van der Waals surface area contributed by atoms with E-state index in [1.165, 1.54) is 0 Å². The molecule has 0 spiro atoms. The number of hydrogen-bond donors (Lipinski definition) is 2. The fourth-order valence-corrected chi connectivity index (χ4v) is 1.91. The highest BCUT2D eigenvalue weighted by Crippen LogP contribution is 2.19. The number of benzene rings is 1. The summed E-state index contributed by atoms with van der Waals surface area (Å²) in [5.74, 6) is -0.129. The summed E-state index contributed by atoms with van der Waals surface area (Å²) in [6.45, 7) is 4.89. The normalized spacial score (nSPS) is 10.5. The Labute approximate surface area is 114 Å². The number of aryl methyl sites for hydroxylation is 2. The summed E-state index contributed by atoms with van der Waals surface area (Å²) in [5.41, 5.74) is 8.88. The van der Waals surface area contributed by atoms with Gasteiger partial charge in [0.05, 0.1) is 13.2 Å². The molecule has 106 valence electrons. The molecule has 1 aromatic carbocycles. The first-order valence-electron chi connectivity index (χ1n) is 6.27. The van der Waals surface area contributed by atoms with Crippen molar-refractivity contribution in [3.05, 3.63) is 28.8 Å². The molecule has 0 saturated heterocycles. The molecule has 0 unspecified atom stereocenters. The monoisotopic (exact) mass is 266 g/mol. The minimum Gasteiger partial charge on any atom is -0.398 e. The summed E-state index contributed by atoms with van der Waals surface area (Å²) in [6.07, 6.45) is 0. The summed E-state index contributed by atoms with van der Waals surface area (Å²) in [6, 6.07) is 3.60. The Morgan fingerprint density at radius 1 is 1.32 bits per heavy atom. The zero-order valence-electron chi connectivity index (χ0n) is 11.8. The zero-order chi connectivity index (χ0) is 14.4. The van der Waals surface area contributed by atoms with E-state index in [1.807, 2.05) is 19.9 Å². The Morgan fingerprint density at radius 2 is 2.00 bits per heavy atom. The van der Waals surface area contributed by atoms with Gasteiger partial charge < -0.3 is 20.5 Å². The first-order chi connectivity index (χ1) is 9.01. The molecule has 0 saturated carbocycles. The third kappa shape index (κ3) is 3.94. The van der Waals surface area contributed by atoms with Gasteiger partial charge in [0.2, 0.25) is 0 Å². The molecular formula is C14H22N2O3. The van der Waals surface area contributed by atoms with Crippen molar-refractivity contribution in [3.63, 3.8) is 0 Å². The van der Waals surface area contributed by atoms with Crippen LogP contribution in [0.3, 0.4) is 0 Å². The number of nitrogens with two attached hydrogens (primary N) is 1. The van der Waals surface area contributed by atoms with E-state index in [9.17, 15) is 4.79 Å². The number of aliphatic hydroxyl groups excluding tert-OH is 1. The number of ether oxygens (including phenoxy) is 1. The second-order valence-corrected chi connectivity index (χ2v) is 4.53. The van der Waals surface area contributed by atoms with Gasteiger partial charge in [-0.15, -0.1) is 0 Å². The van der Waals surface area contributed by atoms with E-state index in [2.05, 4.69) is 0 Å².